The number of hydrogen-bond donors (Lipinski definition) is 1. The van der Waals surface area contributed by atoms with E-state index in [4.69, 9.17) is 19.4 Å². The summed E-state index contributed by atoms with van der Waals surface area (Å²) < 4.78 is 48.2. The molecule has 0 unspecified atom stereocenters. The van der Waals surface area contributed by atoms with Gasteiger partial charge in [0.15, 0.2) is 0 Å². The fourth-order valence-electron chi connectivity index (χ4n) is 2.63. The molecule has 0 radical (unpaired) electrons. The summed E-state index contributed by atoms with van der Waals surface area (Å²) in [5, 5.41) is 12.9. The second-order valence-corrected chi connectivity index (χ2v) is 6.82. The zero-order chi connectivity index (χ0) is 20.8. The second-order valence-electron chi connectivity index (χ2n) is 6.82. The van der Waals surface area contributed by atoms with E-state index < -0.39 is 23.5 Å². The standard InChI is InChI=1S/C19H24F3NO5/c1-13(15-6-8-16(9-7-15)19(20,21)22)23-28-10-4-3-5-14-11-26-18(2,17(24)25)27-12-14/h6-9,14H,3-5,10-12H2,1-2H3,(H,24,25). The Morgan fingerprint density at radius 2 is 1.86 bits per heavy atom. The topological polar surface area (TPSA) is 77.4 Å². The van der Waals surface area contributed by atoms with Gasteiger partial charge in [0.05, 0.1) is 24.5 Å². The molecule has 28 heavy (non-hydrogen) atoms. The number of hydrogen-bond acceptors (Lipinski definition) is 5. The molecular formula is C19H24F3NO5. The summed E-state index contributed by atoms with van der Waals surface area (Å²) in [6.07, 6.45) is -1.99. The third kappa shape index (κ3) is 6.20. The highest BCUT2D eigenvalue weighted by Gasteiger charge is 2.40. The molecule has 9 heteroatoms. The van der Waals surface area contributed by atoms with Crippen molar-refractivity contribution >= 4 is 11.7 Å². The molecule has 0 aromatic heterocycles. The third-order valence-corrected chi connectivity index (χ3v) is 4.51. The van der Waals surface area contributed by atoms with E-state index in [1.165, 1.54) is 19.1 Å². The van der Waals surface area contributed by atoms with Gasteiger partial charge in [0.2, 0.25) is 0 Å². The molecule has 0 amide bonds. The van der Waals surface area contributed by atoms with E-state index in [1.807, 2.05) is 0 Å². The Labute approximate surface area is 161 Å². The Morgan fingerprint density at radius 1 is 1.25 bits per heavy atom. The lowest BCUT2D eigenvalue weighted by Crippen LogP contribution is -2.47. The van der Waals surface area contributed by atoms with Crippen molar-refractivity contribution in [3.05, 3.63) is 35.4 Å². The van der Waals surface area contributed by atoms with Gasteiger partial charge in [-0.15, -0.1) is 0 Å². The van der Waals surface area contributed by atoms with Crippen LogP contribution in [0.3, 0.4) is 0 Å². The molecule has 0 spiro atoms. The summed E-state index contributed by atoms with van der Waals surface area (Å²) in [6.45, 7) is 4.08. The Hall–Kier alpha value is -2.13. The number of benzene rings is 1. The molecule has 1 N–H and O–H groups in total. The molecule has 1 fully saturated rings. The number of carbonyl (C=O) groups is 1. The highest BCUT2D eigenvalue weighted by molar-refractivity contribution is 5.98. The van der Waals surface area contributed by atoms with E-state index in [2.05, 4.69) is 5.16 Å². The molecule has 1 saturated heterocycles. The maximum atomic E-state index is 12.6. The number of carboxylic acid groups (broad SMARTS) is 1. The average molecular weight is 403 g/mol. The molecule has 2 rings (SSSR count). The first-order chi connectivity index (χ1) is 13.1. The van der Waals surface area contributed by atoms with E-state index in [1.54, 1.807) is 6.92 Å². The number of alkyl halides is 3. The molecule has 0 aliphatic carbocycles. The molecule has 0 bridgehead atoms. The Balaban J connectivity index is 1.65. The molecule has 0 saturated carbocycles. The molecule has 156 valence electrons. The number of aliphatic carboxylic acids is 1. The predicted molar refractivity (Wildman–Crippen MR) is 94.9 cm³/mol. The fraction of sp³-hybridized carbons (Fsp3) is 0.579. The molecule has 1 aromatic rings. The van der Waals surface area contributed by atoms with Crippen molar-refractivity contribution in [1.82, 2.24) is 0 Å². The van der Waals surface area contributed by atoms with Crippen LogP contribution >= 0.6 is 0 Å². The molecular weight excluding hydrogens is 379 g/mol. The first-order valence-electron chi connectivity index (χ1n) is 8.97. The van der Waals surface area contributed by atoms with Gasteiger partial charge in [-0.05, 0) is 43.9 Å². The molecule has 1 aromatic carbocycles. The third-order valence-electron chi connectivity index (χ3n) is 4.51. The van der Waals surface area contributed by atoms with Gasteiger partial charge in [-0.3, -0.25) is 0 Å². The van der Waals surface area contributed by atoms with Crippen molar-refractivity contribution in [2.24, 2.45) is 11.1 Å². The Morgan fingerprint density at radius 3 is 2.39 bits per heavy atom. The second kappa shape index (κ2) is 9.38. The highest BCUT2D eigenvalue weighted by atomic mass is 19.4. The number of carboxylic acids is 1. The minimum atomic E-state index is -4.36. The van der Waals surface area contributed by atoms with E-state index in [0.29, 0.717) is 31.1 Å². The summed E-state index contributed by atoms with van der Waals surface area (Å²) in [5.74, 6) is -2.57. The van der Waals surface area contributed by atoms with Crippen molar-refractivity contribution in [2.45, 2.75) is 45.1 Å². The smallest absolute Gasteiger partial charge is 0.416 e. The first kappa shape index (κ1) is 22.2. The van der Waals surface area contributed by atoms with Gasteiger partial charge in [0.25, 0.3) is 5.79 Å². The number of halogens is 3. The van der Waals surface area contributed by atoms with E-state index in [0.717, 1.165) is 31.4 Å². The van der Waals surface area contributed by atoms with Crippen LogP contribution in [0.25, 0.3) is 0 Å². The predicted octanol–water partition coefficient (Wildman–Crippen LogP) is 4.08. The van der Waals surface area contributed by atoms with Crippen LogP contribution in [0.15, 0.2) is 29.4 Å². The van der Waals surface area contributed by atoms with Crippen LogP contribution in [-0.2, 0) is 25.3 Å². The maximum Gasteiger partial charge on any atom is 0.416 e. The van der Waals surface area contributed by atoms with Crippen LogP contribution in [0.5, 0.6) is 0 Å². The van der Waals surface area contributed by atoms with Crippen LogP contribution in [-0.4, -0.2) is 42.4 Å². The largest absolute Gasteiger partial charge is 0.477 e. The van der Waals surface area contributed by atoms with Crippen molar-refractivity contribution in [3.63, 3.8) is 0 Å². The average Bonchev–Trinajstić information content (AvgIpc) is 2.65. The Bertz CT molecular complexity index is 680. The van der Waals surface area contributed by atoms with Gasteiger partial charge < -0.3 is 19.4 Å². The van der Waals surface area contributed by atoms with Crippen LogP contribution in [0.1, 0.15) is 44.2 Å². The Kier molecular flexibility index (Phi) is 7.42. The normalized spacial score (nSPS) is 23.5. The van der Waals surface area contributed by atoms with Crippen molar-refractivity contribution < 1.29 is 37.4 Å². The summed E-state index contributed by atoms with van der Waals surface area (Å²) in [6, 6.07) is 4.74. The number of unbranched alkanes of at least 4 members (excludes halogenated alkanes) is 1. The van der Waals surface area contributed by atoms with E-state index in [-0.39, 0.29) is 5.92 Å². The van der Waals surface area contributed by atoms with E-state index >= 15 is 0 Å². The van der Waals surface area contributed by atoms with Crippen LogP contribution < -0.4 is 0 Å². The van der Waals surface area contributed by atoms with Gasteiger partial charge in [-0.25, -0.2) is 4.79 Å². The monoisotopic (exact) mass is 403 g/mol. The van der Waals surface area contributed by atoms with Gasteiger partial charge in [0.1, 0.15) is 6.61 Å². The van der Waals surface area contributed by atoms with Gasteiger partial charge in [-0.1, -0.05) is 17.3 Å². The SMILES string of the molecule is CC(=NOCCCCC1COC(C)(C(=O)O)OC1)c1ccc(C(F)(F)F)cc1. The number of rotatable bonds is 8. The summed E-state index contributed by atoms with van der Waals surface area (Å²) in [7, 11) is 0. The van der Waals surface area contributed by atoms with Crippen molar-refractivity contribution in [2.75, 3.05) is 19.8 Å². The summed E-state index contributed by atoms with van der Waals surface area (Å²) in [5.41, 5.74) is 0.353. The fourth-order valence-corrected chi connectivity index (χ4v) is 2.63. The lowest BCUT2D eigenvalue weighted by Gasteiger charge is -2.34. The van der Waals surface area contributed by atoms with Crippen molar-refractivity contribution in [3.8, 4) is 0 Å². The maximum absolute atomic E-state index is 12.6. The summed E-state index contributed by atoms with van der Waals surface area (Å²) in [4.78, 5) is 16.2. The molecule has 1 aliphatic heterocycles. The first-order valence-corrected chi connectivity index (χ1v) is 8.97. The zero-order valence-electron chi connectivity index (χ0n) is 15.8. The quantitative estimate of drug-likeness (QED) is 0.402. The lowest BCUT2D eigenvalue weighted by atomic mass is 10.0. The zero-order valence-corrected chi connectivity index (χ0v) is 15.8. The highest BCUT2D eigenvalue weighted by Crippen LogP contribution is 2.29. The molecule has 0 atom stereocenters. The molecule has 6 nitrogen and oxygen atoms in total. The number of ether oxygens (including phenoxy) is 2. The summed E-state index contributed by atoms with van der Waals surface area (Å²) >= 11 is 0. The minimum absolute atomic E-state index is 0.129. The molecule has 1 heterocycles. The van der Waals surface area contributed by atoms with Crippen LogP contribution in [0.2, 0.25) is 0 Å². The van der Waals surface area contributed by atoms with Gasteiger partial charge in [0, 0.05) is 12.8 Å². The lowest BCUT2D eigenvalue weighted by molar-refractivity contribution is -0.271. The van der Waals surface area contributed by atoms with Crippen LogP contribution in [0.4, 0.5) is 13.2 Å². The van der Waals surface area contributed by atoms with Crippen molar-refractivity contribution in [1.29, 1.82) is 0 Å². The number of oxime groups is 1. The van der Waals surface area contributed by atoms with Gasteiger partial charge in [-0.2, -0.15) is 13.2 Å². The van der Waals surface area contributed by atoms with E-state index in [9.17, 15) is 18.0 Å². The molecule has 1 aliphatic rings. The number of nitrogens with zero attached hydrogens (tertiary/aromatic N) is 1. The van der Waals surface area contributed by atoms with Gasteiger partial charge >= 0.3 is 12.1 Å². The minimum Gasteiger partial charge on any atom is -0.477 e. The van der Waals surface area contributed by atoms with Crippen LogP contribution in [0, 0.1) is 5.92 Å².